The van der Waals surface area contributed by atoms with E-state index in [9.17, 15) is 9.59 Å². The topological polar surface area (TPSA) is 88.4 Å². The van der Waals surface area contributed by atoms with Crippen LogP contribution in [0.4, 0.5) is 5.69 Å². The molecule has 0 bridgehead atoms. The Bertz CT molecular complexity index is 847. The zero-order chi connectivity index (χ0) is 19.1. The van der Waals surface area contributed by atoms with E-state index in [1.54, 1.807) is 30.3 Å². The Hall–Kier alpha value is -2.75. The molecule has 8 heteroatoms. The lowest BCUT2D eigenvalue weighted by atomic mass is 10.2. The van der Waals surface area contributed by atoms with Crippen LogP contribution in [-0.4, -0.2) is 24.6 Å². The third kappa shape index (κ3) is 5.66. The van der Waals surface area contributed by atoms with Crippen molar-refractivity contribution in [2.45, 2.75) is 13.0 Å². The van der Waals surface area contributed by atoms with Gasteiger partial charge in [-0.2, -0.15) is 5.26 Å². The lowest BCUT2D eigenvalue weighted by Gasteiger charge is -2.14. The van der Waals surface area contributed by atoms with Crippen LogP contribution in [0.5, 0.6) is 5.75 Å². The molecule has 2 rings (SSSR count). The number of carbonyl (C=O) groups excluding carboxylic acids is 2. The van der Waals surface area contributed by atoms with Crippen molar-refractivity contribution in [3.8, 4) is 11.8 Å². The normalized spacial score (nSPS) is 11.2. The number of ether oxygens (including phenoxy) is 2. The van der Waals surface area contributed by atoms with E-state index in [0.717, 1.165) is 0 Å². The second-order valence-corrected chi connectivity index (χ2v) is 6.02. The number of rotatable bonds is 6. The zero-order valence-corrected chi connectivity index (χ0v) is 15.2. The van der Waals surface area contributed by atoms with Crippen LogP contribution in [0.15, 0.2) is 42.5 Å². The smallest absolute Gasteiger partial charge is 0.344 e. The van der Waals surface area contributed by atoms with Crippen LogP contribution in [0, 0.1) is 11.3 Å². The molecule has 0 saturated carbocycles. The fraction of sp³-hybridized carbons (Fsp3) is 0.167. The molecule has 0 heterocycles. The van der Waals surface area contributed by atoms with Crippen LogP contribution < -0.4 is 10.1 Å². The number of nitrogens with zero attached hydrogens (tertiary/aromatic N) is 1. The maximum absolute atomic E-state index is 12.0. The summed E-state index contributed by atoms with van der Waals surface area (Å²) >= 11 is 11.7. The first-order chi connectivity index (χ1) is 12.4. The van der Waals surface area contributed by atoms with Gasteiger partial charge in [-0.15, -0.1) is 0 Å². The van der Waals surface area contributed by atoms with Crippen LogP contribution in [0.2, 0.25) is 10.0 Å². The molecule has 0 radical (unpaired) electrons. The first-order valence-electron chi connectivity index (χ1n) is 7.47. The first-order valence-corrected chi connectivity index (χ1v) is 8.23. The molecule has 0 aliphatic carbocycles. The summed E-state index contributed by atoms with van der Waals surface area (Å²) in [6.07, 6.45) is -1.03. The van der Waals surface area contributed by atoms with Crippen LogP contribution in [0.1, 0.15) is 12.5 Å². The number of anilines is 1. The summed E-state index contributed by atoms with van der Waals surface area (Å²) in [6.45, 7) is 1.03. The Morgan fingerprint density at radius 3 is 2.50 bits per heavy atom. The molecule has 1 amide bonds. The molecule has 0 fully saturated rings. The summed E-state index contributed by atoms with van der Waals surface area (Å²) in [5.41, 5.74) is 0.960. The quantitative estimate of drug-likeness (QED) is 0.754. The minimum Gasteiger partial charge on any atom is -0.480 e. The molecule has 0 aromatic heterocycles. The Balaban J connectivity index is 1.83. The van der Waals surface area contributed by atoms with Crippen LogP contribution in [-0.2, 0) is 14.3 Å². The van der Waals surface area contributed by atoms with Crippen molar-refractivity contribution in [1.82, 2.24) is 0 Å². The molecule has 0 spiro atoms. The summed E-state index contributed by atoms with van der Waals surface area (Å²) in [4.78, 5) is 23.9. The maximum Gasteiger partial charge on any atom is 0.344 e. The highest BCUT2D eigenvalue weighted by Gasteiger charge is 2.18. The van der Waals surface area contributed by atoms with E-state index in [1.165, 1.54) is 19.1 Å². The van der Waals surface area contributed by atoms with Crippen LogP contribution in [0.3, 0.4) is 0 Å². The van der Waals surface area contributed by atoms with Gasteiger partial charge >= 0.3 is 5.97 Å². The van der Waals surface area contributed by atoms with Crippen molar-refractivity contribution in [2.24, 2.45) is 0 Å². The van der Waals surface area contributed by atoms with E-state index >= 15 is 0 Å². The Morgan fingerprint density at radius 1 is 1.19 bits per heavy atom. The fourth-order valence-corrected chi connectivity index (χ4v) is 2.35. The molecule has 2 aromatic rings. The second kappa shape index (κ2) is 9.09. The highest BCUT2D eigenvalue weighted by molar-refractivity contribution is 6.35. The fourth-order valence-electron chi connectivity index (χ4n) is 1.89. The van der Waals surface area contributed by atoms with Crippen molar-refractivity contribution in [3.05, 3.63) is 58.1 Å². The molecule has 6 nitrogen and oxygen atoms in total. The van der Waals surface area contributed by atoms with Gasteiger partial charge in [0.1, 0.15) is 5.75 Å². The van der Waals surface area contributed by atoms with Gasteiger partial charge in [0.15, 0.2) is 12.7 Å². The van der Waals surface area contributed by atoms with Gasteiger partial charge in [0.2, 0.25) is 0 Å². The van der Waals surface area contributed by atoms with Crippen molar-refractivity contribution in [1.29, 1.82) is 5.26 Å². The molecular formula is C18H14Cl2N2O4. The number of esters is 1. The van der Waals surface area contributed by atoms with Crippen LogP contribution >= 0.6 is 23.2 Å². The zero-order valence-electron chi connectivity index (χ0n) is 13.7. The number of carbonyl (C=O) groups is 2. The second-order valence-electron chi connectivity index (χ2n) is 5.17. The number of halogens is 2. The summed E-state index contributed by atoms with van der Waals surface area (Å²) in [5.74, 6) is -0.950. The summed E-state index contributed by atoms with van der Waals surface area (Å²) in [7, 11) is 0. The highest BCUT2D eigenvalue weighted by Crippen LogP contribution is 2.27. The van der Waals surface area contributed by atoms with Gasteiger partial charge in [0.05, 0.1) is 16.7 Å². The standard InChI is InChI=1S/C18H14Cl2N2O4/c1-11(18(24)22-14-5-2-12(9-21)3-6-14)26-17(23)10-25-16-7-4-13(19)8-15(16)20/h2-8,11H,10H2,1H3,(H,22,24)/t11-/m0/s1. The predicted molar refractivity (Wildman–Crippen MR) is 97.3 cm³/mol. The Labute approximate surface area is 160 Å². The van der Waals surface area contributed by atoms with Gasteiger partial charge < -0.3 is 14.8 Å². The van der Waals surface area contributed by atoms with Gasteiger partial charge in [0, 0.05) is 10.7 Å². The number of nitriles is 1. The molecule has 0 saturated heterocycles. The summed E-state index contributed by atoms with van der Waals surface area (Å²) in [6, 6.07) is 12.9. The van der Waals surface area contributed by atoms with Gasteiger partial charge in [-0.3, -0.25) is 4.79 Å². The summed E-state index contributed by atoms with van der Waals surface area (Å²) in [5, 5.41) is 12.0. The van der Waals surface area contributed by atoms with E-state index in [4.69, 9.17) is 37.9 Å². The van der Waals surface area contributed by atoms with E-state index in [1.807, 2.05) is 6.07 Å². The van der Waals surface area contributed by atoms with Crippen molar-refractivity contribution >= 4 is 40.8 Å². The Kier molecular flexibility index (Phi) is 6.84. The van der Waals surface area contributed by atoms with Crippen LogP contribution in [0.25, 0.3) is 0 Å². The number of nitrogens with one attached hydrogen (secondary N) is 1. The average Bonchev–Trinajstić information content (AvgIpc) is 2.61. The van der Waals surface area contributed by atoms with E-state index in [-0.39, 0.29) is 10.8 Å². The lowest BCUT2D eigenvalue weighted by Crippen LogP contribution is -2.31. The van der Waals surface area contributed by atoms with E-state index in [2.05, 4.69) is 5.32 Å². The minimum atomic E-state index is -1.03. The molecule has 2 aromatic carbocycles. The minimum absolute atomic E-state index is 0.261. The number of benzene rings is 2. The SMILES string of the molecule is C[C@H](OC(=O)COc1ccc(Cl)cc1Cl)C(=O)Nc1ccc(C#N)cc1. The van der Waals surface area contributed by atoms with Gasteiger partial charge in [-0.05, 0) is 49.4 Å². The van der Waals surface area contributed by atoms with Crippen molar-refractivity contribution in [2.75, 3.05) is 11.9 Å². The Morgan fingerprint density at radius 2 is 1.88 bits per heavy atom. The number of hydrogen-bond donors (Lipinski definition) is 1. The summed E-state index contributed by atoms with van der Waals surface area (Å²) < 4.78 is 10.3. The highest BCUT2D eigenvalue weighted by atomic mass is 35.5. The molecule has 134 valence electrons. The number of amides is 1. The molecule has 26 heavy (non-hydrogen) atoms. The van der Waals surface area contributed by atoms with Gasteiger partial charge in [0.25, 0.3) is 5.91 Å². The van der Waals surface area contributed by atoms with Gasteiger partial charge in [-0.25, -0.2) is 4.79 Å². The number of hydrogen-bond acceptors (Lipinski definition) is 5. The van der Waals surface area contributed by atoms with Gasteiger partial charge in [-0.1, -0.05) is 23.2 Å². The molecule has 0 aliphatic heterocycles. The third-order valence-electron chi connectivity index (χ3n) is 3.20. The predicted octanol–water partition coefficient (Wildman–Crippen LogP) is 3.81. The lowest BCUT2D eigenvalue weighted by molar-refractivity contribution is -0.155. The molecule has 1 N–H and O–H groups in total. The molecule has 1 atom stereocenters. The molecular weight excluding hydrogens is 379 g/mol. The van der Waals surface area contributed by atoms with Crippen molar-refractivity contribution in [3.63, 3.8) is 0 Å². The monoisotopic (exact) mass is 392 g/mol. The largest absolute Gasteiger partial charge is 0.480 e. The van der Waals surface area contributed by atoms with E-state index < -0.39 is 24.6 Å². The third-order valence-corrected chi connectivity index (χ3v) is 3.73. The van der Waals surface area contributed by atoms with E-state index in [0.29, 0.717) is 16.3 Å². The van der Waals surface area contributed by atoms with Crippen molar-refractivity contribution < 1.29 is 19.1 Å². The first kappa shape index (κ1) is 19.6. The average molecular weight is 393 g/mol. The maximum atomic E-state index is 12.0. The molecule has 0 unspecified atom stereocenters. The molecule has 0 aliphatic rings.